The lowest BCUT2D eigenvalue weighted by Gasteiger charge is -2.46. The van der Waals surface area contributed by atoms with E-state index in [0.29, 0.717) is 6.42 Å². The summed E-state index contributed by atoms with van der Waals surface area (Å²) in [6.45, 7) is 36.0. The number of rotatable bonds is 6. The molecule has 1 aliphatic carbocycles. The summed E-state index contributed by atoms with van der Waals surface area (Å²) in [6.07, 6.45) is 6.13. The van der Waals surface area contributed by atoms with Gasteiger partial charge in [-0.2, -0.15) is 0 Å². The van der Waals surface area contributed by atoms with Crippen molar-refractivity contribution >= 4 is 51.4 Å². The second-order valence-corrected chi connectivity index (χ2v) is 29.0. The Morgan fingerprint density at radius 3 is 2.02 bits per heavy atom. The molecule has 49 heavy (non-hydrogen) atoms. The van der Waals surface area contributed by atoms with Gasteiger partial charge < -0.3 is 8.85 Å². The van der Waals surface area contributed by atoms with Crippen LogP contribution in [0, 0.1) is 30.1 Å². The minimum absolute atomic E-state index is 0.0121. The van der Waals surface area contributed by atoms with Gasteiger partial charge in [-0.15, -0.1) is 11.3 Å². The topological polar surface area (TPSA) is 82.6 Å². The molecule has 5 unspecified atom stereocenters. The number of ketones is 3. The molecule has 0 aromatic carbocycles. The van der Waals surface area contributed by atoms with E-state index in [0.717, 1.165) is 35.5 Å². The van der Waals surface area contributed by atoms with Gasteiger partial charge in [0.2, 0.25) is 11.6 Å². The number of hydrogen-bond donors (Lipinski definition) is 0. The second kappa shape index (κ2) is 16.4. The quantitative estimate of drug-likeness (QED) is 0.165. The molecule has 0 spiro atoms. The van der Waals surface area contributed by atoms with Gasteiger partial charge in [0.05, 0.1) is 22.9 Å². The largest absolute Gasteiger partial charge is 0.413 e. The van der Waals surface area contributed by atoms with E-state index in [-0.39, 0.29) is 34.3 Å². The fraction of sp³-hybridized carbons (Fsp3) is 0.750. The number of nitrogens with zero attached hydrogens (tertiary/aromatic N) is 1. The van der Waals surface area contributed by atoms with Gasteiger partial charge in [0, 0.05) is 29.1 Å². The van der Waals surface area contributed by atoms with E-state index in [1.165, 1.54) is 5.57 Å². The highest BCUT2D eigenvalue weighted by Crippen LogP contribution is 2.44. The Balaban J connectivity index is 2.73. The Morgan fingerprint density at radius 2 is 1.51 bits per heavy atom. The summed E-state index contributed by atoms with van der Waals surface area (Å²) >= 11 is 1.56. The molecule has 6 nitrogen and oxygen atoms in total. The third kappa shape index (κ3) is 11.2. The van der Waals surface area contributed by atoms with Crippen molar-refractivity contribution in [3.05, 3.63) is 33.3 Å². The summed E-state index contributed by atoms with van der Waals surface area (Å²) in [6, 6.07) is 0. The number of carbonyl (C=O) groups excluding carboxylic acids is 3. The van der Waals surface area contributed by atoms with E-state index in [9.17, 15) is 14.4 Å². The Labute approximate surface area is 305 Å². The number of carbonyl (C=O) groups is 3. The van der Waals surface area contributed by atoms with Crippen LogP contribution in [0.1, 0.15) is 126 Å². The highest BCUT2D eigenvalue weighted by molar-refractivity contribution is 7.09. The fourth-order valence-corrected chi connectivity index (χ4v) is 9.61. The van der Waals surface area contributed by atoms with Gasteiger partial charge in [0.1, 0.15) is 5.78 Å². The molecule has 0 aliphatic heterocycles. The van der Waals surface area contributed by atoms with Gasteiger partial charge in [-0.3, -0.25) is 14.4 Å². The molecule has 1 aromatic heterocycles. The van der Waals surface area contributed by atoms with Crippen LogP contribution in [0.15, 0.2) is 22.6 Å². The van der Waals surface area contributed by atoms with Crippen LogP contribution in [-0.2, 0) is 23.2 Å². The molecule has 0 saturated carbocycles. The van der Waals surface area contributed by atoms with E-state index in [1.807, 2.05) is 46.1 Å². The lowest BCUT2D eigenvalue weighted by molar-refractivity contribution is -0.145. The van der Waals surface area contributed by atoms with Crippen LogP contribution in [0.2, 0.25) is 36.3 Å². The summed E-state index contributed by atoms with van der Waals surface area (Å²) in [5, 5.41) is 2.76. The van der Waals surface area contributed by atoms with Gasteiger partial charge >= 0.3 is 0 Å². The zero-order valence-corrected chi connectivity index (χ0v) is 36.9. The molecule has 0 N–H and O–H groups in total. The van der Waals surface area contributed by atoms with E-state index < -0.39 is 51.6 Å². The second-order valence-electron chi connectivity index (χ2n) is 18.5. The standard InChI is InChI=1S/C40H69NO5SSi2/c1-26-19-18-20-27(2)36(46-49(16,17)39(9,10)11)29(4)37(44)40(12,13)34(45-48(14,15)38(6,7)8)24-33(42)35(43)32(22-21-26)28(3)23-31-25-47-30(5)41-31/h21,23,25,27,29,32,34,36H,18-20,22,24H2,1-17H3. The third-order valence-electron chi connectivity index (χ3n) is 11.8. The Morgan fingerprint density at radius 1 is 0.959 bits per heavy atom. The lowest BCUT2D eigenvalue weighted by Crippen LogP contribution is -2.54. The molecule has 5 atom stereocenters. The number of aryl methyl sites for hydroxylation is 1. The first-order valence-corrected chi connectivity index (χ1v) is 25.0. The SMILES string of the molecule is CC1=CCC(C(C)=Cc2csc(C)n2)C(=O)C(=O)CC(O[Si](C)(C)C(C)(C)C)C(C)(C)C(=O)C(C)C(O[Si](C)(C)C(C)(C)C)C(C)CCC1. The van der Waals surface area contributed by atoms with Crippen molar-refractivity contribution in [3.63, 3.8) is 0 Å². The van der Waals surface area contributed by atoms with Crippen LogP contribution < -0.4 is 0 Å². The van der Waals surface area contributed by atoms with Crippen LogP contribution >= 0.6 is 11.3 Å². The van der Waals surface area contributed by atoms with Gasteiger partial charge in [-0.1, -0.05) is 86.5 Å². The van der Waals surface area contributed by atoms with Gasteiger partial charge in [-0.25, -0.2) is 4.98 Å². The predicted molar refractivity (Wildman–Crippen MR) is 212 cm³/mol. The van der Waals surface area contributed by atoms with E-state index in [2.05, 4.69) is 92.6 Å². The fourth-order valence-electron chi connectivity index (χ4n) is 6.13. The number of aromatic nitrogens is 1. The lowest BCUT2D eigenvalue weighted by atomic mass is 9.72. The Hall–Kier alpha value is -1.53. The molecule has 0 fully saturated rings. The van der Waals surface area contributed by atoms with Crippen molar-refractivity contribution in [2.24, 2.45) is 23.2 Å². The predicted octanol–water partition coefficient (Wildman–Crippen LogP) is 11.2. The highest BCUT2D eigenvalue weighted by atomic mass is 32.1. The number of allylic oxidation sites excluding steroid dienone is 3. The average Bonchev–Trinajstić information content (AvgIpc) is 3.36. The first kappa shape index (κ1) is 43.6. The summed E-state index contributed by atoms with van der Waals surface area (Å²) in [5.41, 5.74) is 1.79. The maximum absolute atomic E-state index is 14.9. The highest BCUT2D eigenvalue weighted by Gasteiger charge is 2.50. The Kier molecular flexibility index (Phi) is 14.6. The van der Waals surface area contributed by atoms with Gasteiger partial charge in [0.25, 0.3) is 0 Å². The van der Waals surface area contributed by atoms with Crippen LogP contribution in [0.3, 0.4) is 0 Å². The molecule has 1 aromatic rings. The normalized spacial score (nSPS) is 26.6. The van der Waals surface area contributed by atoms with Crippen molar-refractivity contribution in [1.82, 2.24) is 4.98 Å². The molecule has 9 heteroatoms. The molecule has 278 valence electrons. The molecule has 0 amide bonds. The number of thiazole rings is 1. The Bertz CT molecular complexity index is 1390. The van der Waals surface area contributed by atoms with Gasteiger partial charge in [0.15, 0.2) is 16.6 Å². The van der Waals surface area contributed by atoms with E-state index in [1.54, 1.807) is 11.3 Å². The van der Waals surface area contributed by atoms with Crippen molar-refractivity contribution in [2.45, 2.75) is 171 Å². The summed E-state index contributed by atoms with van der Waals surface area (Å²) < 4.78 is 14.1. The van der Waals surface area contributed by atoms with Crippen LogP contribution in [0.4, 0.5) is 0 Å². The zero-order chi connectivity index (χ0) is 37.9. The van der Waals surface area contributed by atoms with E-state index in [4.69, 9.17) is 8.85 Å². The third-order valence-corrected chi connectivity index (χ3v) is 21.6. The van der Waals surface area contributed by atoms with Crippen LogP contribution in [0.5, 0.6) is 0 Å². The summed E-state index contributed by atoms with van der Waals surface area (Å²) in [4.78, 5) is 47.8. The van der Waals surface area contributed by atoms with Crippen molar-refractivity contribution in [2.75, 3.05) is 0 Å². The van der Waals surface area contributed by atoms with Crippen molar-refractivity contribution < 1.29 is 23.2 Å². The average molecular weight is 732 g/mol. The monoisotopic (exact) mass is 731 g/mol. The first-order valence-electron chi connectivity index (χ1n) is 18.3. The van der Waals surface area contributed by atoms with Crippen LogP contribution in [0.25, 0.3) is 6.08 Å². The molecule has 1 heterocycles. The molecule has 2 rings (SSSR count). The molecular weight excluding hydrogens is 663 g/mol. The maximum Gasteiger partial charge on any atom is 0.205 e. The zero-order valence-electron chi connectivity index (χ0n) is 34.1. The molecule has 0 bridgehead atoms. The minimum atomic E-state index is -2.47. The minimum Gasteiger partial charge on any atom is -0.413 e. The number of Topliss-reactive ketones (excluding diaryl/α,β-unsaturated/α-hetero) is 3. The number of hydrogen-bond acceptors (Lipinski definition) is 7. The van der Waals surface area contributed by atoms with Crippen molar-refractivity contribution in [1.29, 1.82) is 0 Å². The molecule has 1 aliphatic rings. The van der Waals surface area contributed by atoms with Gasteiger partial charge in [-0.05, 0) is 94.7 Å². The molecular formula is C40H69NO5SSi2. The summed E-state index contributed by atoms with van der Waals surface area (Å²) in [7, 11) is -4.70. The molecule has 0 saturated heterocycles. The van der Waals surface area contributed by atoms with Crippen molar-refractivity contribution in [3.8, 4) is 0 Å². The van der Waals surface area contributed by atoms with Crippen LogP contribution in [-0.4, -0.2) is 51.2 Å². The maximum atomic E-state index is 14.9. The smallest absolute Gasteiger partial charge is 0.205 e. The summed E-state index contributed by atoms with van der Waals surface area (Å²) in [5.74, 6) is -1.74. The van der Waals surface area contributed by atoms with E-state index >= 15 is 0 Å². The first-order chi connectivity index (χ1) is 22.1. The molecule has 0 radical (unpaired) electrons.